The van der Waals surface area contributed by atoms with E-state index in [-0.39, 0.29) is 52.8 Å². The summed E-state index contributed by atoms with van der Waals surface area (Å²) in [5.41, 5.74) is 2.99. The number of rotatable bonds is 13. The van der Waals surface area contributed by atoms with Crippen molar-refractivity contribution >= 4 is 119 Å². The molecule has 0 saturated heterocycles. The molecule has 0 aliphatic heterocycles. The maximum atomic E-state index is 11.9. The van der Waals surface area contributed by atoms with Crippen LogP contribution in [0.1, 0.15) is 40.9 Å². The Hall–Kier alpha value is -4.05. The third kappa shape index (κ3) is 13.4. The number of amides is 3. The van der Waals surface area contributed by atoms with Crippen LogP contribution in [-0.4, -0.2) is 46.4 Å². The molecule has 4 aromatic carbocycles. The van der Waals surface area contributed by atoms with E-state index in [2.05, 4.69) is 47.8 Å². The molecule has 5 N–H and O–H groups in total. The summed E-state index contributed by atoms with van der Waals surface area (Å²) in [5.74, 6) is -2.52. The summed E-state index contributed by atoms with van der Waals surface area (Å²) in [5, 5.41) is 25.8. The predicted octanol–water partition coefficient (Wildman–Crippen LogP) is 9.03. The highest BCUT2D eigenvalue weighted by molar-refractivity contribution is 9.11. The summed E-state index contributed by atoms with van der Waals surface area (Å²) < 4.78 is 12.7. The maximum absolute atomic E-state index is 11.9. The first-order valence-corrected chi connectivity index (χ1v) is 18.1. The molecule has 4 aromatic rings. The number of carbonyl (C=O) groups is 5. The van der Waals surface area contributed by atoms with Gasteiger partial charge in [0.2, 0.25) is 11.8 Å². The van der Waals surface area contributed by atoms with Crippen molar-refractivity contribution in [3.05, 3.63) is 112 Å². The molecule has 0 radical (unpaired) electrons. The van der Waals surface area contributed by atoms with Crippen LogP contribution in [0.2, 0.25) is 20.1 Å². The number of anilines is 2. The van der Waals surface area contributed by atoms with Gasteiger partial charge in [-0.2, -0.15) is 0 Å². The van der Waals surface area contributed by atoms with E-state index in [1.54, 1.807) is 48.5 Å². The smallest absolute Gasteiger partial charge is 0.322 e. The lowest BCUT2D eigenvalue weighted by Gasteiger charge is -2.14. The molecular weight excluding hydrogens is 908 g/mol. The van der Waals surface area contributed by atoms with Gasteiger partial charge in [0.25, 0.3) is 5.91 Å². The highest BCUT2D eigenvalue weighted by Gasteiger charge is 2.17. The van der Waals surface area contributed by atoms with Crippen molar-refractivity contribution in [3.8, 4) is 11.5 Å². The molecule has 0 heterocycles. The van der Waals surface area contributed by atoms with Gasteiger partial charge in [0.05, 0.1) is 46.8 Å². The zero-order valence-electron chi connectivity index (χ0n) is 27.6. The molecule has 12 nitrogen and oxygen atoms in total. The topological polar surface area (TPSA) is 180 Å². The predicted molar refractivity (Wildman–Crippen MR) is 210 cm³/mol. The van der Waals surface area contributed by atoms with Crippen LogP contribution in [0.5, 0.6) is 11.5 Å². The molecule has 0 saturated carbocycles. The second kappa shape index (κ2) is 20.4. The third-order valence-electron chi connectivity index (χ3n) is 6.60. The molecule has 280 valence electrons. The Bertz CT molecular complexity index is 2000. The molecule has 18 heteroatoms. The molecule has 0 atom stereocenters. The average molecular weight is 937 g/mol. The van der Waals surface area contributed by atoms with Crippen molar-refractivity contribution in [3.63, 3.8) is 0 Å². The van der Waals surface area contributed by atoms with Gasteiger partial charge < -0.3 is 35.6 Å². The summed E-state index contributed by atoms with van der Waals surface area (Å²) in [4.78, 5) is 55.7. The van der Waals surface area contributed by atoms with Crippen LogP contribution in [0.25, 0.3) is 0 Å². The Morgan fingerprint density at radius 1 is 0.679 bits per heavy atom. The van der Waals surface area contributed by atoms with Gasteiger partial charge in [-0.3, -0.25) is 24.0 Å². The third-order valence-corrected chi connectivity index (χ3v) is 9.23. The first-order valence-electron chi connectivity index (χ1n) is 15.0. The van der Waals surface area contributed by atoms with Crippen LogP contribution in [0.3, 0.4) is 0 Å². The van der Waals surface area contributed by atoms with Crippen LogP contribution in [0.4, 0.5) is 11.4 Å². The number of benzene rings is 4. The lowest BCUT2D eigenvalue weighted by atomic mass is 10.1. The van der Waals surface area contributed by atoms with Crippen LogP contribution < -0.4 is 25.4 Å². The summed E-state index contributed by atoms with van der Waals surface area (Å²) in [6.07, 6.45) is -0.0813. The summed E-state index contributed by atoms with van der Waals surface area (Å²) in [6.45, 7) is 2.44. The summed E-state index contributed by atoms with van der Waals surface area (Å²) >= 11 is 31.6. The number of aliphatic carboxylic acids is 2. The Morgan fingerprint density at radius 3 is 1.55 bits per heavy atom. The summed E-state index contributed by atoms with van der Waals surface area (Å²) in [7, 11) is 0. The maximum Gasteiger partial charge on any atom is 0.322 e. The summed E-state index contributed by atoms with van der Waals surface area (Å²) in [6, 6.07) is 16.4. The van der Waals surface area contributed by atoms with E-state index >= 15 is 0 Å². The SMILES string of the molecule is CC(=O)Nc1cccc(COc2c(Br)cc(CC(=O)O)cc2Br)c1Cl.CC(=O)Nc1cccc(COc2c(Cl)cc(C(=O)NCC(=O)O)cc2Cl)c1Cl. The highest BCUT2D eigenvalue weighted by Crippen LogP contribution is 2.37. The number of carboxylic acids is 2. The lowest BCUT2D eigenvalue weighted by molar-refractivity contribution is -0.137. The number of carboxylic acid groups (broad SMARTS) is 2. The Balaban J connectivity index is 0.000000287. The van der Waals surface area contributed by atoms with E-state index in [9.17, 15) is 24.0 Å². The van der Waals surface area contributed by atoms with Gasteiger partial charge in [0.1, 0.15) is 25.5 Å². The van der Waals surface area contributed by atoms with E-state index in [0.717, 1.165) is 0 Å². The zero-order chi connectivity index (χ0) is 39.4. The highest BCUT2D eigenvalue weighted by atomic mass is 79.9. The van der Waals surface area contributed by atoms with Crippen LogP contribution in [0, 0.1) is 0 Å². The van der Waals surface area contributed by atoms with E-state index in [4.69, 9.17) is 66.1 Å². The molecule has 0 aliphatic rings. The van der Waals surface area contributed by atoms with Crippen molar-refractivity contribution < 1.29 is 43.7 Å². The minimum Gasteiger partial charge on any atom is -0.486 e. The second-order valence-electron chi connectivity index (χ2n) is 10.8. The minimum absolute atomic E-state index is 0.0102. The van der Waals surface area contributed by atoms with Crippen LogP contribution in [0.15, 0.2) is 69.6 Å². The van der Waals surface area contributed by atoms with Crippen molar-refractivity contribution in [2.24, 2.45) is 0 Å². The fraction of sp³-hybridized carbons (Fsp3) is 0.171. The monoisotopic (exact) mass is 933 g/mol. The number of nitrogens with one attached hydrogen (secondary N) is 3. The van der Waals surface area contributed by atoms with E-state index in [1.165, 1.54) is 26.0 Å². The van der Waals surface area contributed by atoms with Gasteiger partial charge in [0.15, 0.2) is 5.75 Å². The zero-order valence-corrected chi connectivity index (χ0v) is 33.8. The molecule has 0 bridgehead atoms. The van der Waals surface area contributed by atoms with Crippen molar-refractivity contribution in [2.75, 3.05) is 17.2 Å². The van der Waals surface area contributed by atoms with E-state index < -0.39 is 24.4 Å². The average Bonchev–Trinajstić information content (AvgIpc) is 3.05. The molecule has 53 heavy (non-hydrogen) atoms. The normalized spacial score (nSPS) is 10.3. The number of ether oxygens (including phenoxy) is 2. The van der Waals surface area contributed by atoms with Crippen molar-refractivity contribution in [2.45, 2.75) is 33.5 Å². The van der Waals surface area contributed by atoms with Crippen molar-refractivity contribution in [1.82, 2.24) is 5.32 Å². The molecule has 3 amide bonds. The second-order valence-corrected chi connectivity index (χ2v) is 14.1. The van der Waals surface area contributed by atoms with Gasteiger partial charge in [-0.05, 0) is 73.8 Å². The minimum atomic E-state index is -1.18. The van der Waals surface area contributed by atoms with Crippen molar-refractivity contribution in [1.29, 1.82) is 0 Å². The molecule has 4 rings (SSSR count). The number of hydrogen-bond acceptors (Lipinski definition) is 7. The number of carbonyl (C=O) groups excluding carboxylic acids is 3. The molecule has 0 aromatic heterocycles. The fourth-order valence-electron chi connectivity index (χ4n) is 4.37. The largest absolute Gasteiger partial charge is 0.486 e. The molecule has 0 fully saturated rings. The lowest BCUT2D eigenvalue weighted by Crippen LogP contribution is -2.29. The van der Waals surface area contributed by atoms with Gasteiger partial charge >= 0.3 is 11.9 Å². The van der Waals surface area contributed by atoms with Gasteiger partial charge in [-0.1, -0.05) is 70.7 Å². The van der Waals surface area contributed by atoms with Crippen LogP contribution >= 0.6 is 78.3 Å². The quantitative estimate of drug-likeness (QED) is 0.0875. The Morgan fingerprint density at radius 2 is 1.13 bits per heavy atom. The van der Waals surface area contributed by atoms with E-state index in [1.807, 2.05) is 0 Å². The van der Waals surface area contributed by atoms with E-state index in [0.29, 0.717) is 52.8 Å². The molecule has 0 aliphatic carbocycles. The van der Waals surface area contributed by atoms with Crippen LogP contribution in [-0.2, 0) is 38.8 Å². The molecule has 0 unspecified atom stereocenters. The number of hydrogen-bond donors (Lipinski definition) is 5. The number of halogens is 6. The Kier molecular flexibility index (Phi) is 16.7. The first-order chi connectivity index (χ1) is 25.0. The van der Waals surface area contributed by atoms with Gasteiger partial charge in [-0.25, -0.2) is 0 Å². The van der Waals surface area contributed by atoms with Gasteiger partial charge in [-0.15, -0.1) is 0 Å². The first kappa shape index (κ1) is 43.4. The standard InChI is InChI=1S/C18H15Cl3N2O5.C17H14Br2ClNO4/c1-9(24)23-14-4-2-3-10(16(14)21)8-28-17-12(19)5-11(6-13(17)20)18(27)22-7-15(25)26;1-9(22)21-14-4-2-3-11(16(14)20)8-25-17-12(18)5-10(6-13(17)19)7-15(23)24/h2-6H,7-8H2,1H3,(H,22,27)(H,23,24)(H,25,26);2-6H,7-8H2,1H3,(H,21,22)(H,23,24). The fourth-order valence-corrected chi connectivity index (χ4v) is 6.93. The Labute approximate surface area is 340 Å². The molecular formula is C35H29Br2Cl4N3O9. The molecule has 0 spiro atoms. The van der Waals surface area contributed by atoms with Gasteiger partial charge in [0, 0.05) is 30.5 Å².